The number of ether oxygens (including phenoxy) is 4. The van der Waals surface area contributed by atoms with Gasteiger partial charge in [0, 0.05) is 30.9 Å². The van der Waals surface area contributed by atoms with Crippen LogP contribution in [0.25, 0.3) is 0 Å². The van der Waals surface area contributed by atoms with Crippen LogP contribution >= 0.6 is 11.6 Å². The predicted octanol–water partition coefficient (Wildman–Crippen LogP) is 5.73. The van der Waals surface area contributed by atoms with Crippen molar-refractivity contribution in [3.05, 3.63) is 51.7 Å². The Hall–Kier alpha value is -4.56. The molecule has 14 nitrogen and oxygen atoms in total. The zero-order chi connectivity index (χ0) is 30.4. The maximum absolute atomic E-state index is 12.3. The van der Waals surface area contributed by atoms with Crippen molar-refractivity contribution >= 4 is 57.9 Å². The van der Waals surface area contributed by atoms with Crippen LogP contribution in [0.2, 0.25) is 5.02 Å². The molecular formula is C27H32ClN7O7. The van der Waals surface area contributed by atoms with Crippen LogP contribution < -0.4 is 30.3 Å². The Labute approximate surface area is 247 Å². The number of anilines is 6. The number of aromatic nitrogens is 2. The molecule has 1 aromatic heterocycles. The molecule has 3 N–H and O–H groups in total. The fraction of sp³-hybridized carbons (Fsp3) is 0.370. The molecule has 1 amide bonds. The van der Waals surface area contributed by atoms with Crippen LogP contribution in [0.15, 0.2) is 36.5 Å². The third kappa shape index (κ3) is 7.59. The van der Waals surface area contributed by atoms with E-state index in [-0.39, 0.29) is 28.2 Å². The van der Waals surface area contributed by atoms with Gasteiger partial charge in [-0.1, -0.05) is 11.6 Å². The molecule has 3 aromatic rings. The van der Waals surface area contributed by atoms with Crippen molar-refractivity contribution in [1.82, 2.24) is 9.97 Å². The van der Waals surface area contributed by atoms with E-state index < -0.39 is 16.6 Å². The summed E-state index contributed by atoms with van der Waals surface area (Å²) in [6.45, 7) is 7.28. The van der Waals surface area contributed by atoms with Gasteiger partial charge in [-0.25, -0.2) is 9.78 Å². The van der Waals surface area contributed by atoms with E-state index in [9.17, 15) is 14.9 Å². The summed E-state index contributed by atoms with van der Waals surface area (Å²) in [5.41, 5.74) is 0.829. The molecule has 0 bridgehead atoms. The first kappa shape index (κ1) is 30.4. The Morgan fingerprint density at radius 3 is 2.40 bits per heavy atom. The van der Waals surface area contributed by atoms with Crippen molar-refractivity contribution < 1.29 is 28.7 Å². The number of carbonyl (C=O) groups excluding carboxylic acids is 1. The topological polar surface area (TPSA) is 162 Å². The number of hydrogen-bond acceptors (Lipinski definition) is 12. The molecular weight excluding hydrogens is 570 g/mol. The number of hydrogen-bond donors (Lipinski definition) is 3. The van der Waals surface area contributed by atoms with Crippen LogP contribution in [-0.2, 0) is 9.47 Å². The second kappa shape index (κ2) is 13.0. The quantitative estimate of drug-likeness (QED) is 0.202. The smallest absolute Gasteiger partial charge is 0.412 e. The lowest BCUT2D eigenvalue weighted by molar-refractivity contribution is -0.384. The first-order chi connectivity index (χ1) is 20.0. The summed E-state index contributed by atoms with van der Waals surface area (Å²) in [5, 5.41) is 20.9. The van der Waals surface area contributed by atoms with Crippen molar-refractivity contribution in [3.63, 3.8) is 0 Å². The SMILES string of the molecule is COc1cc(N2CCOCC2)c([N+](=O)[O-])cc1Nc1ncc(Cl)c(Nc2cc(NC(=O)OC(C)(C)C)ccc2OC)n1. The van der Waals surface area contributed by atoms with E-state index >= 15 is 0 Å². The summed E-state index contributed by atoms with van der Waals surface area (Å²) < 4.78 is 21.7. The van der Waals surface area contributed by atoms with E-state index in [4.69, 9.17) is 30.5 Å². The third-order valence-corrected chi connectivity index (χ3v) is 6.21. The van der Waals surface area contributed by atoms with Gasteiger partial charge in [0.05, 0.1) is 49.9 Å². The number of methoxy groups -OCH3 is 2. The van der Waals surface area contributed by atoms with Gasteiger partial charge in [-0.2, -0.15) is 4.98 Å². The zero-order valence-corrected chi connectivity index (χ0v) is 24.6. The molecule has 1 aliphatic rings. The van der Waals surface area contributed by atoms with Gasteiger partial charge in [0.15, 0.2) is 5.82 Å². The average Bonchev–Trinajstić information content (AvgIpc) is 2.94. The molecule has 0 atom stereocenters. The van der Waals surface area contributed by atoms with Crippen LogP contribution in [0.4, 0.5) is 45.0 Å². The van der Waals surface area contributed by atoms with Crippen molar-refractivity contribution in [2.75, 3.05) is 61.4 Å². The van der Waals surface area contributed by atoms with Crippen LogP contribution in [0, 0.1) is 10.1 Å². The maximum atomic E-state index is 12.3. The highest BCUT2D eigenvalue weighted by Crippen LogP contribution is 2.40. The van der Waals surface area contributed by atoms with Crippen LogP contribution in [0.5, 0.6) is 11.5 Å². The number of nitro groups is 1. The van der Waals surface area contributed by atoms with E-state index in [1.807, 2.05) is 4.90 Å². The molecule has 4 rings (SSSR count). The van der Waals surface area contributed by atoms with Gasteiger partial charge < -0.3 is 34.5 Å². The van der Waals surface area contributed by atoms with E-state index in [0.717, 1.165) is 0 Å². The fourth-order valence-electron chi connectivity index (χ4n) is 4.10. The van der Waals surface area contributed by atoms with Gasteiger partial charge in [-0.3, -0.25) is 15.4 Å². The Balaban J connectivity index is 1.61. The van der Waals surface area contributed by atoms with Crippen LogP contribution in [0.3, 0.4) is 0 Å². The highest BCUT2D eigenvalue weighted by atomic mass is 35.5. The van der Waals surface area contributed by atoms with Crippen LogP contribution in [0.1, 0.15) is 20.8 Å². The first-order valence-electron chi connectivity index (χ1n) is 12.9. The number of nitro benzene ring substituents is 1. The number of morpholine rings is 1. The van der Waals surface area contributed by atoms with Crippen molar-refractivity contribution in [2.24, 2.45) is 0 Å². The number of carbonyl (C=O) groups is 1. The van der Waals surface area contributed by atoms with E-state index in [1.165, 1.54) is 26.5 Å². The molecule has 1 fully saturated rings. The molecule has 0 saturated carbocycles. The monoisotopic (exact) mass is 601 g/mol. The van der Waals surface area contributed by atoms with Gasteiger partial charge >= 0.3 is 6.09 Å². The second-order valence-corrected chi connectivity index (χ2v) is 10.5. The Bertz CT molecular complexity index is 1460. The van der Waals surface area contributed by atoms with E-state index in [1.54, 1.807) is 45.0 Å². The summed E-state index contributed by atoms with van der Waals surface area (Å²) in [5.74, 6) is 1.11. The van der Waals surface area contributed by atoms with E-state index in [2.05, 4.69) is 25.9 Å². The standard InChI is InChI=1S/C27H32ClN7O7/c1-27(2,3)42-26(36)30-16-6-7-22(39-4)18(12-16)31-24-17(28)15-29-25(33-24)32-19-13-21(35(37)38)20(14-23(19)40-5)34-8-10-41-11-9-34/h6-7,12-15H,8-11H2,1-5H3,(H,30,36)(H2,29,31,32,33). The molecule has 2 aromatic carbocycles. The summed E-state index contributed by atoms with van der Waals surface area (Å²) in [7, 11) is 2.96. The summed E-state index contributed by atoms with van der Waals surface area (Å²) in [6.07, 6.45) is 0.755. The Morgan fingerprint density at radius 2 is 1.76 bits per heavy atom. The normalized spacial score (nSPS) is 13.2. The Kier molecular flexibility index (Phi) is 9.38. The minimum Gasteiger partial charge on any atom is -0.495 e. The van der Waals surface area contributed by atoms with Gasteiger partial charge in [0.1, 0.15) is 27.8 Å². The maximum Gasteiger partial charge on any atom is 0.412 e. The highest BCUT2D eigenvalue weighted by molar-refractivity contribution is 6.33. The summed E-state index contributed by atoms with van der Waals surface area (Å²) >= 11 is 6.40. The van der Waals surface area contributed by atoms with Crippen LogP contribution in [-0.4, -0.2) is 67.1 Å². The molecule has 15 heteroatoms. The summed E-state index contributed by atoms with van der Waals surface area (Å²) in [4.78, 5) is 34.3. The largest absolute Gasteiger partial charge is 0.495 e. The predicted molar refractivity (Wildman–Crippen MR) is 159 cm³/mol. The molecule has 1 saturated heterocycles. The van der Waals surface area contributed by atoms with Gasteiger partial charge in [-0.05, 0) is 39.0 Å². The number of nitrogens with zero attached hydrogens (tertiary/aromatic N) is 4. The highest BCUT2D eigenvalue weighted by Gasteiger charge is 2.25. The van der Waals surface area contributed by atoms with E-state index in [0.29, 0.717) is 54.9 Å². The first-order valence-corrected chi connectivity index (χ1v) is 13.3. The summed E-state index contributed by atoms with van der Waals surface area (Å²) in [6, 6.07) is 7.93. The number of halogens is 1. The lowest BCUT2D eigenvalue weighted by Crippen LogP contribution is -2.36. The number of amides is 1. The molecule has 42 heavy (non-hydrogen) atoms. The Morgan fingerprint density at radius 1 is 1.07 bits per heavy atom. The van der Waals surface area contributed by atoms with Crippen molar-refractivity contribution in [1.29, 1.82) is 0 Å². The minimum atomic E-state index is -0.665. The number of benzene rings is 2. The number of rotatable bonds is 9. The molecule has 0 unspecified atom stereocenters. The van der Waals surface area contributed by atoms with Gasteiger partial charge in [0.25, 0.3) is 5.69 Å². The third-order valence-electron chi connectivity index (χ3n) is 5.93. The molecule has 1 aliphatic heterocycles. The average molecular weight is 602 g/mol. The molecule has 224 valence electrons. The lowest BCUT2D eigenvalue weighted by atomic mass is 10.2. The molecule has 0 aliphatic carbocycles. The lowest BCUT2D eigenvalue weighted by Gasteiger charge is -2.29. The van der Waals surface area contributed by atoms with Crippen molar-refractivity contribution in [3.8, 4) is 11.5 Å². The molecule has 2 heterocycles. The van der Waals surface area contributed by atoms with Gasteiger partial charge in [-0.15, -0.1) is 0 Å². The fourth-order valence-corrected chi connectivity index (χ4v) is 4.23. The zero-order valence-electron chi connectivity index (χ0n) is 23.8. The molecule has 0 spiro atoms. The van der Waals surface area contributed by atoms with Crippen molar-refractivity contribution in [2.45, 2.75) is 26.4 Å². The molecule has 0 radical (unpaired) electrons. The minimum absolute atomic E-state index is 0.0932. The number of nitrogens with one attached hydrogen (secondary N) is 3. The van der Waals surface area contributed by atoms with Gasteiger partial charge in [0.2, 0.25) is 5.95 Å². The second-order valence-electron chi connectivity index (χ2n) is 10.1.